The number of hydrogen-bond acceptors (Lipinski definition) is 3. The van der Waals surface area contributed by atoms with Crippen LogP contribution in [-0.2, 0) is 13.1 Å². The first kappa shape index (κ1) is 23.9. The van der Waals surface area contributed by atoms with E-state index in [1.165, 1.54) is 16.7 Å². The van der Waals surface area contributed by atoms with Crippen LogP contribution in [0.3, 0.4) is 0 Å². The molecular weight excluding hydrogens is 463 g/mol. The number of rotatable bonds is 5. The van der Waals surface area contributed by atoms with Gasteiger partial charge in [0.25, 0.3) is 0 Å². The summed E-state index contributed by atoms with van der Waals surface area (Å²) in [6.07, 6.45) is 3.89. The van der Waals surface area contributed by atoms with E-state index >= 15 is 0 Å². The van der Waals surface area contributed by atoms with Crippen LogP contribution in [0.2, 0.25) is 0 Å². The first-order valence-corrected chi connectivity index (χ1v) is 13.0. The van der Waals surface area contributed by atoms with Crippen LogP contribution in [0.15, 0.2) is 64.6 Å². The van der Waals surface area contributed by atoms with Crippen LogP contribution >= 0.6 is 31.5 Å². The minimum atomic E-state index is 0.194. The fourth-order valence-corrected chi connectivity index (χ4v) is 3.63. The molecule has 29 heavy (non-hydrogen) atoms. The fraction of sp³-hybridized carbons (Fsp3) is 0.217. The minimum absolute atomic E-state index is 0.194. The average Bonchev–Trinajstić information content (AvgIpc) is 3.14. The second-order valence-electron chi connectivity index (χ2n) is 6.76. The Kier molecular flexibility index (Phi) is 10.1. The van der Waals surface area contributed by atoms with Crippen LogP contribution in [-0.4, -0.2) is 12.4 Å². The molecule has 0 unspecified atom stereocenters. The Labute approximate surface area is 192 Å². The number of aliphatic imine (C=N–C) groups is 2. The van der Waals surface area contributed by atoms with Crippen LogP contribution in [0.5, 0.6) is 0 Å². The van der Waals surface area contributed by atoms with Gasteiger partial charge in [-0.2, -0.15) is 0 Å². The number of aryl methyl sites for hydroxylation is 2. The third-order valence-electron chi connectivity index (χ3n) is 4.30. The molecule has 0 aliphatic carbocycles. The number of para-hydroxylation sites is 2. The Morgan fingerprint density at radius 1 is 0.828 bits per heavy atom. The molecule has 3 rings (SSSR count). The summed E-state index contributed by atoms with van der Waals surface area (Å²) in [6, 6.07) is 18.8. The van der Waals surface area contributed by atoms with Gasteiger partial charge in [0.2, 0.25) is 0 Å². The predicted octanol–water partition coefficient (Wildman–Crippen LogP) is 8.37. The second-order valence-corrected chi connectivity index (χ2v) is 9.73. The molecule has 0 N–H and O–H groups in total. The summed E-state index contributed by atoms with van der Waals surface area (Å²) >= 11 is 1.89. The molecule has 154 valence electrons. The molecule has 0 saturated heterocycles. The van der Waals surface area contributed by atoms with Gasteiger partial charge in [0.05, 0.1) is 11.4 Å². The monoisotopic (exact) mass is 486 g/mol. The van der Waals surface area contributed by atoms with Gasteiger partial charge in [-0.05, 0) is 54.7 Å². The first-order valence-electron chi connectivity index (χ1n) is 9.14. The van der Waals surface area contributed by atoms with Gasteiger partial charge in [0.1, 0.15) is 0 Å². The van der Waals surface area contributed by atoms with Crippen LogP contribution in [0.4, 0.5) is 11.4 Å². The summed E-state index contributed by atoms with van der Waals surface area (Å²) in [5, 5.41) is 0. The molecule has 1 heterocycles. The molecule has 2 aromatic carbocycles. The van der Waals surface area contributed by atoms with Crippen molar-refractivity contribution in [2.45, 2.75) is 33.6 Å². The third kappa shape index (κ3) is 7.40. The van der Waals surface area contributed by atoms with E-state index in [0.717, 1.165) is 21.1 Å². The quantitative estimate of drug-likeness (QED) is 0.255. The maximum absolute atomic E-state index is 4.76. The molecule has 0 spiro atoms. The van der Waals surface area contributed by atoms with E-state index in [9.17, 15) is 0 Å². The van der Waals surface area contributed by atoms with Crippen molar-refractivity contribution in [2.75, 3.05) is 0 Å². The van der Waals surface area contributed by atoms with Crippen molar-refractivity contribution in [3.05, 3.63) is 81.0 Å². The van der Waals surface area contributed by atoms with Crippen molar-refractivity contribution in [1.29, 1.82) is 0 Å². The predicted molar refractivity (Wildman–Crippen MR) is 127 cm³/mol. The van der Waals surface area contributed by atoms with E-state index in [0.29, 0.717) is 5.92 Å². The van der Waals surface area contributed by atoms with Gasteiger partial charge in [-0.1, -0.05) is 50.2 Å². The summed E-state index contributed by atoms with van der Waals surface area (Å²) in [4.78, 5) is 11.6. The van der Waals surface area contributed by atoms with Crippen LogP contribution < -0.4 is 0 Å². The number of hydrogen-bond donors (Lipinski definition) is 0. The zero-order chi connectivity index (χ0) is 21.2. The Balaban J connectivity index is 0.000000941. The van der Waals surface area contributed by atoms with E-state index in [1.807, 2.05) is 18.5 Å². The standard InChI is InChI=1S/C23H24N2S.2ClH.Fe/c1-16(2)21-10-5-6-11-22(21)24-14-19-12-13-20(26-19)15-25-23-17(3)8-7-9-18(23)4;;;/h5-16H,1-4H3;2*1H;/q;;;+2/p-2. The van der Waals surface area contributed by atoms with Crippen molar-refractivity contribution in [2.24, 2.45) is 9.98 Å². The van der Waals surface area contributed by atoms with E-state index in [4.69, 9.17) is 25.2 Å². The molecule has 6 heteroatoms. The van der Waals surface area contributed by atoms with Gasteiger partial charge >= 0.3 is 33.3 Å². The SMILES string of the molecule is Cc1cccc(C)c1N=Cc1ccc(C=Nc2ccccc2C(C)C)s1.[Cl][Fe][Cl]. The first-order chi connectivity index (χ1) is 14.0. The molecule has 0 aliphatic heterocycles. The Morgan fingerprint density at radius 3 is 1.97 bits per heavy atom. The van der Waals surface area contributed by atoms with Crippen molar-refractivity contribution < 1.29 is 13.1 Å². The number of nitrogens with zero attached hydrogens (tertiary/aromatic N) is 2. The van der Waals surface area contributed by atoms with Crippen molar-refractivity contribution >= 4 is 55.3 Å². The summed E-state index contributed by atoms with van der Waals surface area (Å²) in [5.74, 6) is 0.465. The number of benzene rings is 2. The van der Waals surface area contributed by atoms with Crippen molar-refractivity contribution in [3.63, 3.8) is 0 Å². The molecule has 0 fully saturated rings. The van der Waals surface area contributed by atoms with E-state index in [1.54, 1.807) is 11.3 Å². The van der Waals surface area contributed by atoms with Crippen LogP contribution in [0.25, 0.3) is 0 Å². The van der Waals surface area contributed by atoms with Gasteiger partial charge in [0, 0.05) is 22.2 Å². The summed E-state index contributed by atoms with van der Waals surface area (Å²) in [7, 11) is 9.53. The van der Waals surface area contributed by atoms with Gasteiger partial charge in [0.15, 0.2) is 0 Å². The molecule has 0 atom stereocenters. The second kappa shape index (κ2) is 12.3. The van der Waals surface area contributed by atoms with E-state index in [2.05, 4.69) is 81.2 Å². The molecule has 2 nitrogen and oxygen atoms in total. The van der Waals surface area contributed by atoms with Gasteiger partial charge < -0.3 is 0 Å². The van der Waals surface area contributed by atoms with Crippen molar-refractivity contribution in [3.8, 4) is 0 Å². The third-order valence-corrected chi connectivity index (χ3v) is 5.25. The molecule has 0 aliphatic rings. The molecule has 0 radical (unpaired) electrons. The molecule has 0 saturated carbocycles. The fourth-order valence-electron chi connectivity index (χ4n) is 2.87. The van der Waals surface area contributed by atoms with E-state index < -0.39 is 0 Å². The number of halogens is 2. The summed E-state index contributed by atoms with van der Waals surface area (Å²) in [5.41, 5.74) is 5.77. The van der Waals surface area contributed by atoms with Gasteiger partial charge in [-0.3, -0.25) is 9.98 Å². The summed E-state index contributed by atoms with van der Waals surface area (Å²) in [6.45, 7) is 8.58. The molecular formula is C23H24Cl2FeN2S. The topological polar surface area (TPSA) is 24.7 Å². The van der Waals surface area contributed by atoms with Gasteiger partial charge in [-0.25, -0.2) is 0 Å². The van der Waals surface area contributed by atoms with Gasteiger partial charge in [-0.15, -0.1) is 11.3 Å². The number of thiophene rings is 1. The molecule has 1 aromatic heterocycles. The maximum atomic E-state index is 4.76. The normalized spacial score (nSPS) is 11.4. The van der Waals surface area contributed by atoms with Crippen LogP contribution in [0, 0.1) is 13.8 Å². The summed E-state index contributed by atoms with van der Waals surface area (Å²) < 4.78 is 0. The Morgan fingerprint density at radius 2 is 1.38 bits per heavy atom. The molecule has 0 bridgehead atoms. The average molecular weight is 487 g/mol. The Hall–Kier alpha value is -1.42. The van der Waals surface area contributed by atoms with Crippen molar-refractivity contribution in [1.82, 2.24) is 0 Å². The zero-order valence-corrected chi connectivity index (χ0v) is 20.3. The van der Waals surface area contributed by atoms with Crippen LogP contribution in [0.1, 0.15) is 46.2 Å². The molecule has 3 aromatic rings. The Bertz CT molecular complexity index is 960. The zero-order valence-electron chi connectivity index (χ0n) is 16.8. The molecule has 0 amide bonds. The van der Waals surface area contributed by atoms with E-state index in [-0.39, 0.29) is 13.1 Å².